The fraction of sp³-hybridized carbons (Fsp3) is 0.429. The van der Waals surface area contributed by atoms with E-state index in [9.17, 15) is 5.11 Å². The third-order valence-corrected chi connectivity index (χ3v) is 8.92. The van der Waals surface area contributed by atoms with E-state index in [0.717, 1.165) is 46.4 Å². The Kier molecular flexibility index (Phi) is 6.08. The molecule has 184 valence electrons. The van der Waals surface area contributed by atoms with Crippen molar-refractivity contribution in [1.82, 2.24) is 4.90 Å². The van der Waals surface area contributed by atoms with Crippen molar-refractivity contribution in [3.05, 3.63) is 53.6 Å². The summed E-state index contributed by atoms with van der Waals surface area (Å²) in [6.45, 7) is 0.933. The smallest absolute Gasteiger partial charge is 0.169 e. The summed E-state index contributed by atoms with van der Waals surface area (Å²) in [5.74, 6) is 2.90. The molecule has 6 nitrogen and oxygen atoms in total. The lowest BCUT2D eigenvalue weighted by Crippen LogP contribution is -2.47. The number of benzene rings is 2. The summed E-state index contributed by atoms with van der Waals surface area (Å²) in [7, 11) is 3.39. The maximum atomic E-state index is 10.8. The minimum absolute atomic E-state index is 0.279. The highest BCUT2D eigenvalue weighted by Crippen LogP contribution is 2.48. The van der Waals surface area contributed by atoms with Crippen LogP contribution in [-0.4, -0.2) is 55.6 Å². The normalized spacial score (nSPS) is 23.1. The van der Waals surface area contributed by atoms with Gasteiger partial charge in [-0.15, -0.1) is 11.3 Å². The first-order valence-electron chi connectivity index (χ1n) is 12.3. The molecular weight excluding hydrogens is 462 g/mol. The van der Waals surface area contributed by atoms with Crippen molar-refractivity contribution < 1.29 is 23.7 Å². The van der Waals surface area contributed by atoms with Gasteiger partial charge in [0.2, 0.25) is 0 Å². The van der Waals surface area contributed by atoms with E-state index in [1.165, 1.54) is 22.4 Å². The predicted molar refractivity (Wildman–Crippen MR) is 138 cm³/mol. The van der Waals surface area contributed by atoms with Gasteiger partial charge in [-0.05, 0) is 68.0 Å². The van der Waals surface area contributed by atoms with Crippen LogP contribution in [0.5, 0.6) is 17.2 Å². The van der Waals surface area contributed by atoms with Crippen LogP contribution in [0.15, 0.2) is 53.1 Å². The van der Waals surface area contributed by atoms with Gasteiger partial charge >= 0.3 is 0 Å². The Morgan fingerprint density at radius 3 is 2.63 bits per heavy atom. The summed E-state index contributed by atoms with van der Waals surface area (Å²) >= 11 is 1.88. The topological polar surface area (TPSA) is 64.3 Å². The van der Waals surface area contributed by atoms with Gasteiger partial charge in [0, 0.05) is 33.6 Å². The van der Waals surface area contributed by atoms with Gasteiger partial charge in [-0.1, -0.05) is 6.07 Å². The second-order valence-electron chi connectivity index (χ2n) is 9.67. The highest BCUT2D eigenvalue weighted by molar-refractivity contribution is 7.19. The molecular formula is C28H31NO5S. The van der Waals surface area contributed by atoms with Gasteiger partial charge in [-0.25, -0.2) is 0 Å². The summed E-state index contributed by atoms with van der Waals surface area (Å²) in [6.07, 6.45) is 5.79. The van der Waals surface area contributed by atoms with E-state index < -0.39 is 6.10 Å². The van der Waals surface area contributed by atoms with Crippen molar-refractivity contribution in [1.29, 1.82) is 0 Å². The summed E-state index contributed by atoms with van der Waals surface area (Å²) < 4.78 is 23.8. The van der Waals surface area contributed by atoms with Crippen molar-refractivity contribution in [3.63, 3.8) is 0 Å². The number of hydrogen-bond donors (Lipinski definition) is 1. The molecule has 2 aliphatic heterocycles. The van der Waals surface area contributed by atoms with Crippen LogP contribution >= 0.6 is 11.3 Å². The highest BCUT2D eigenvalue weighted by atomic mass is 32.1. The van der Waals surface area contributed by atoms with E-state index in [2.05, 4.69) is 17.0 Å². The predicted octanol–water partition coefficient (Wildman–Crippen LogP) is 5.82. The SMILES string of the molecule is COc1ccc2sc(C3CC4CCC(C3)N4C[C@H](O)COc3cccc4occc34)cc2c1OC. The summed E-state index contributed by atoms with van der Waals surface area (Å²) in [6, 6.07) is 15.1. The Bertz CT molecular complexity index is 1320. The van der Waals surface area contributed by atoms with Crippen molar-refractivity contribution >= 4 is 32.4 Å². The number of methoxy groups -OCH3 is 2. The molecule has 0 spiro atoms. The van der Waals surface area contributed by atoms with Crippen LogP contribution in [0.1, 0.15) is 36.5 Å². The zero-order valence-corrected chi connectivity index (χ0v) is 20.9. The average Bonchev–Trinajstić information content (AvgIpc) is 3.58. The number of nitrogens with zero attached hydrogens (tertiary/aromatic N) is 1. The quantitative estimate of drug-likeness (QED) is 0.334. The molecule has 2 fully saturated rings. The van der Waals surface area contributed by atoms with Crippen molar-refractivity contribution in [2.45, 2.75) is 49.8 Å². The number of aliphatic hydroxyl groups excluding tert-OH is 1. The van der Waals surface area contributed by atoms with Crippen molar-refractivity contribution in [2.75, 3.05) is 27.4 Å². The molecule has 2 unspecified atom stereocenters. The van der Waals surface area contributed by atoms with Crippen LogP contribution in [0.25, 0.3) is 21.1 Å². The fourth-order valence-corrected chi connectivity index (χ4v) is 7.22. The number of ether oxygens (including phenoxy) is 3. The molecule has 2 bridgehead atoms. The minimum atomic E-state index is -0.530. The van der Waals surface area contributed by atoms with E-state index in [4.69, 9.17) is 18.6 Å². The van der Waals surface area contributed by atoms with Gasteiger partial charge in [0.1, 0.15) is 24.0 Å². The van der Waals surface area contributed by atoms with Crippen LogP contribution in [0.3, 0.4) is 0 Å². The minimum Gasteiger partial charge on any atom is -0.493 e. The van der Waals surface area contributed by atoms with Gasteiger partial charge in [0.15, 0.2) is 11.5 Å². The standard InChI is InChI=1S/C28H31NO5S/c1-31-25-8-9-26-22(28(25)32-2)14-27(35-26)17-12-18-6-7-19(13-17)29(18)15-20(30)16-34-24-5-3-4-23-21(24)10-11-33-23/h3-5,8-11,14,17-20,30H,6-7,12-13,15-16H2,1-2H3/t17?,18?,19?,20-/m0/s1. The molecule has 0 radical (unpaired) electrons. The molecule has 3 atom stereocenters. The maximum Gasteiger partial charge on any atom is 0.169 e. The molecule has 4 aromatic rings. The third kappa shape index (κ3) is 4.15. The Hall–Kier alpha value is -2.74. The molecule has 0 aliphatic carbocycles. The van der Waals surface area contributed by atoms with Crippen LogP contribution in [0, 0.1) is 0 Å². The third-order valence-electron chi connectivity index (χ3n) is 7.65. The molecule has 2 aliphatic rings. The number of aliphatic hydroxyl groups is 1. The van der Waals surface area contributed by atoms with Gasteiger partial charge < -0.3 is 23.7 Å². The van der Waals surface area contributed by atoms with Gasteiger partial charge in [-0.3, -0.25) is 4.90 Å². The van der Waals surface area contributed by atoms with E-state index in [-0.39, 0.29) is 6.61 Å². The molecule has 2 aromatic carbocycles. The molecule has 7 heteroatoms. The van der Waals surface area contributed by atoms with Crippen molar-refractivity contribution in [3.8, 4) is 17.2 Å². The summed E-state index contributed by atoms with van der Waals surface area (Å²) in [4.78, 5) is 3.96. The number of furan rings is 1. The first-order chi connectivity index (χ1) is 17.1. The fourth-order valence-electron chi connectivity index (χ4n) is 6.04. The molecule has 2 saturated heterocycles. The molecule has 4 heterocycles. The highest BCUT2D eigenvalue weighted by Gasteiger charge is 2.42. The lowest BCUT2D eigenvalue weighted by molar-refractivity contribution is 0.0323. The Balaban J connectivity index is 1.12. The monoisotopic (exact) mass is 493 g/mol. The van der Waals surface area contributed by atoms with Crippen LogP contribution in [0.2, 0.25) is 0 Å². The molecule has 1 N–H and O–H groups in total. The van der Waals surface area contributed by atoms with E-state index in [0.29, 0.717) is 24.5 Å². The number of rotatable bonds is 8. The van der Waals surface area contributed by atoms with Gasteiger partial charge in [0.05, 0.1) is 25.9 Å². The number of piperidine rings is 1. The second-order valence-corrected chi connectivity index (χ2v) is 10.8. The Morgan fingerprint density at radius 1 is 1.03 bits per heavy atom. The number of fused-ring (bicyclic) bond motifs is 4. The lowest BCUT2D eigenvalue weighted by Gasteiger charge is -2.39. The molecule has 6 rings (SSSR count). The maximum absolute atomic E-state index is 10.8. The molecule has 0 saturated carbocycles. The molecule has 2 aromatic heterocycles. The second kappa shape index (κ2) is 9.37. The first kappa shape index (κ1) is 22.7. The van der Waals surface area contributed by atoms with E-state index >= 15 is 0 Å². The van der Waals surface area contributed by atoms with Gasteiger partial charge in [0.25, 0.3) is 0 Å². The zero-order valence-electron chi connectivity index (χ0n) is 20.1. The first-order valence-corrected chi connectivity index (χ1v) is 13.1. The van der Waals surface area contributed by atoms with E-state index in [1.807, 2.05) is 41.7 Å². The Labute approximate surface area is 209 Å². The zero-order chi connectivity index (χ0) is 23.9. The Morgan fingerprint density at radius 2 is 1.86 bits per heavy atom. The largest absolute Gasteiger partial charge is 0.493 e. The number of thiophene rings is 1. The van der Waals surface area contributed by atoms with Crippen LogP contribution < -0.4 is 14.2 Å². The molecule has 35 heavy (non-hydrogen) atoms. The van der Waals surface area contributed by atoms with Crippen LogP contribution in [-0.2, 0) is 0 Å². The average molecular weight is 494 g/mol. The summed E-state index contributed by atoms with van der Waals surface area (Å²) in [5, 5.41) is 12.9. The van der Waals surface area contributed by atoms with E-state index in [1.54, 1.807) is 20.5 Å². The summed E-state index contributed by atoms with van der Waals surface area (Å²) in [5.41, 5.74) is 0.800. The lowest BCUT2D eigenvalue weighted by atomic mass is 9.89. The molecule has 0 amide bonds. The van der Waals surface area contributed by atoms with Gasteiger partial charge in [-0.2, -0.15) is 0 Å². The number of hydrogen-bond acceptors (Lipinski definition) is 7. The van der Waals surface area contributed by atoms with Crippen LogP contribution in [0.4, 0.5) is 0 Å². The van der Waals surface area contributed by atoms with Crippen molar-refractivity contribution in [2.24, 2.45) is 0 Å².